The summed E-state index contributed by atoms with van der Waals surface area (Å²) in [6, 6.07) is 0. The molecule has 0 amide bonds. The average molecular weight is 183 g/mol. The highest BCUT2D eigenvalue weighted by Gasteiger charge is 2.14. The van der Waals surface area contributed by atoms with Crippen molar-refractivity contribution >= 4 is 6.29 Å². The van der Waals surface area contributed by atoms with Crippen LogP contribution < -0.4 is 0 Å². The van der Waals surface area contributed by atoms with Gasteiger partial charge in [0.25, 0.3) is 0 Å². The molecule has 0 radical (unpaired) electrons. The van der Waals surface area contributed by atoms with E-state index in [1.165, 1.54) is 38.6 Å². The summed E-state index contributed by atoms with van der Waals surface area (Å²) in [5.74, 6) is 0.894. The predicted octanol–water partition coefficient (Wildman–Crippen LogP) is 2.09. The third kappa shape index (κ3) is 4.41. The van der Waals surface area contributed by atoms with E-state index in [1.807, 2.05) is 0 Å². The van der Waals surface area contributed by atoms with Crippen LogP contribution in [0.1, 0.15) is 38.5 Å². The van der Waals surface area contributed by atoms with E-state index < -0.39 is 0 Å². The molecule has 0 aromatic carbocycles. The largest absolute Gasteiger partial charge is 0.306 e. The predicted molar refractivity (Wildman–Crippen MR) is 54.8 cm³/mol. The number of rotatable bonds is 5. The van der Waals surface area contributed by atoms with Crippen LogP contribution in [0.2, 0.25) is 0 Å². The third-order valence-corrected chi connectivity index (χ3v) is 2.92. The summed E-state index contributed by atoms with van der Waals surface area (Å²) in [5, 5.41) is 0. The summed E-state index contributed by atoms with van der Waals surface area (Å²) < 4.78 is 0. The normalized spacial score (nSPS) is 19.2. The molecule has 0 bridgehead atoms. The molecule has 0 heterocycles. The van der Waals surface area contributed by atoms with E-state index in [-0.39, 0.29) is 0 Å². The molecule has 0 aliphatic heterocycles. The van der Waals surface area contributed by atoms with Crippen LogP contribution in [-0.2, 0) is 4.79 Å². The highest BCUT2D eigenvalue weighted by molar-refractivity contribution is 5.49. The average Bonchev–Trinajstić information content (AvgIpc) is 2.16. The summed E-state index contributed by atoms with van der Waals surface area (Å²) in [5.41, 5.74) is 0. The SMILES string of the molecule is CN(CCC=O)CC1CCCCC1. The molecular formula is C11H21NO. The van der Waals surface area contributed by atoms with E-state index in [9.17, 15) is 4.79 Å². The quantitative estimate of drug-likeness (QED) is 0.608. The molecule has 1 rings (SSSR count). The summed E-state index contributed by atoms with van der Waals surface area (Å²) in [7, 11) is 2.12. The van der Waals surface area contributed by atoms with Gasteiger partial charge < -0.3 is 9.69 Å². The summed E-state index contributed by atoms with van der Waals surface area (Å²) >= 11 is 0. The van der Waals surface area contributed by atoms with Crippen molar-refractivity contribution in [3.63, 3.8) is 0 Å². The lowest BCUT2D eigenvalue weighted by Crippen LogP contribution is -2.28. The highest BCUT2D eigenvalue weighted by atomic mass is 16.1. The first-order valence-corrected chi connectivity index (χ1v) is 5.45. The number of carbonyl (C=O) groups excluding carboxylic acids is 1. The zero-order chi connectivity index (χ0) is 9.52. The fourth-order valence-electron chi connectivity index (χ4n) is 2.17. The summed E-state index contributed by atoms with van der Waals surface area (Å²) in [4.78, 5) is 12.5. The first-order chi connectivity index (χ1) is 6.33. The topological polar surface area (TPSA) is 20.3 Å². The van der Waals surface area contributed by atoms with E-state index in [0.717, 1.165) is 18.7 Å². The van der Waals surface area contributed by atoms with Gasteiger partial charge in [-0.2, -0.15) is 0 Å². The van der Waals surface area contributed by atoms with E-state index in [1.54, 1.807) is 0 Å². The second-order valence-corrected chi connectivity index (χ2v) is 4.22. The molecule has 2 heteroatoms. The second kappa shape index (κ2) is 6.14. The minimum absolute atomic E-state index is 0.684. The lowest BCUT2D eigenvalue weighted by Gasteiger charge is -2.26. The Morgan fingerprint density at radius 2 is 2.00 bits per heavy atom. The Hall–Kier alpha value is -0.370. The van der Waals surface area contributed by atoms with Crippen molar-refractivity contribution in [1.82, 2.24) is 4.90 Å². The highest BCUT2D eigenvalue weighted by Crippen LogP contribution is 2.23. The van der Waals surface area contributed by atoms with Crippen molar-refractivity contribution in [3.05, 3.63) is 0 Å². The Morgan fingerprint density at radius 3 is 2.62 bits per heavy atom. The molecule has 0 saturated heterocycles. The fourth-order valence-corrected chi connectivity index (χ4v) is 2.17. The molecule has 0 spiro atoms. The number of carbonyl (C=O) groups is 1. The maximum absolute atomic E-state index is 10.2. The molecule has 1 fully saturated rings. The molecule has 1 saturated carbocycles. The lowest BCUT2D eigenvalue weighted by atomic mass is 9.89. The number of aldehydes is 1. The van der Waals surface area contributed by atoms with Crippen LogP contribution in [0.4, 0.5) is 0 Å². The van der Waals surface area contributed by atoms with Crippen LogP contribution in [0.5, 0.6) is 0 Å². The number of nitrogens with zero attached hydrogens (tertiary/aromatic N) is 1. The van der Waals surface area contributed by atoms with Gasteiger partial charge in [0.2, 0.25) is 0 Å². The van der Waals surface area contributed by atoms with E-state index in [4.69, 9.17) is 0 Å². The van der Waals surface area contributed by atoms with Gasteiger partial charge in [0.05, 0.1) is 0 Å². The van der Waals surface area contributed by atoms with Crippen molar-refractivity contribution in [2.45, 2.75) is 38.5 Å². The monoisotopic (exact) mass is 183 g/mol. The minimum Gasteiger partial charge on any atom is -0.306 e. The van der Waals surface area contributed by atoms with Gasteiger partial charge in [0.1, 0.15) is 6.29 Å². The van der Waals surface area contributed by atoms with Crippen molar-refractivity contribution in [2.24, 2.45) is 5.92 Å². The molecule has 0 N–H and O–H groups in total. The Kier molecular flexibility index (Phi) is 5.06. The second-order valence-electron chi connectivity index (χ2n) is 4.22. The molecule has 2 nitrogen and oxygen atoms in total. The zero-order valence-electron chi connectivity index (χ0n) is 8.67. The molecule has 0 aromatic rings. The Morgan fingerprint density at radius 1 is 1.31 bits per heavy atom. The molecule has 76 valence electrons. The van der Waals surface area contributed by atoms with Crippen LogP contribution in [0.3, 0.4) is 0 Å². The molecule has 1 aliphatic rings. The first-order valence-electron chi connectivity index (χ1n) is 5.45. The van der Waals surface area contributed by atoms with Gasteiger partial charge in [0, 0.05) is 19.5 Å². The van der Waals surface area contributed by atoms with Crippen molar-refractivity contribution < 1.29 is 4.79 Å². The summed E-state index contributed by atoms with van der Waals surface area (Å²) in [6.07, 6.45) is 8.73. The van der Waals surface area contributed by atoms with E-state index in [0.29, 0.717) is 6.42 Å². The van der Waals surface area contributed by atoms with Crippen molar-refractivity contribution in [3.8, 4) is 0 Å². The van der Waals surface area contributed by atoms with Gasteiger partial charge in [-0.05, 0) is 25.8 Å². The molecule has 0 atom stereocenters. The Balaban J connectivity index is 2.10. The zero-order valence-corrected chi connectivity index (χ0v) is 8.67. The van der Waals surface area contributed by atoms with Crippen LogP contribution >= 0.6 is 0 Å². The minimum atomic E-state index is 0.684. The first kappa shape index (κ1) is 10.7. The van der Waals surface area contributed by atoms with Crippen LogP contribution in [0, 0.1) is 5.92 Å². The standard InChI is InChI=1S/C11H21NO/c1-12(8-5-9-13)10-11-6-3-2-4-7-11/h9,11H,2-8,10H2,1H3. The number of hydrogen-bond acceptors (Lipinski definition) is 2. The van der Waals surface area contributed by atoms with Gasteiger partial charge in [-0.15, -0.1) is 0 Å². The number of hydrogen-bond donors (Lipinski definition) is 0. The fraction of sp³-hybridized carbons (Fsp3) is 0.909. The van der Waals surface area contributed by atoms with E-state index >= 15 is 0 Å². The van der Waals surface area contributed by atoms with Gasteiger partial charge in [0.15, 0.2) is 0 Å². The smallest absolute Gasteiger partial charge is 0.121 e. The van der Waals surface area contributed by atoms with Gasteiger partial charge in [-0.25, -0.2) is 0 Å². The lowest BCUT2D eigenvalue weighted by molar-refractivity contribution is -0.108. The van der Waals surface area contributed by atoms with E-state index in [2.05, 4.69) is 11.9 Å². The maximum atomic E-state index is 10.2. The summed E-state index contributed by atoms with van der Waals surface area (Å²) in [6.45, 7) is 2.12. The van der Waals surface area contributed by atoms with Crippen LogP contribution in [0.15, 0.2) is 0 Å². The van der Waals surface area contributed by atoms with Crippen molar-refractivity contribution in [2.75, 3.05) is 20.1 Å². The molecule has 0 unspecified atom stereocenters. The molecule has 0 aromatic heterocycles. The Bertz CT molecular complexity index is 141. The molecular weight excluding hydrogens is 162 g/mol. The molecule has 1 aliphatic carbocycles. The maximum Gasteiger partial charge on any atom is 0.121 e. The van der Waals surface area contributed by atoms with Gasteiger partial charge in [-0.3, -0.25) is 0 Å². The third-order valence-electron chi connectivity index (χ3n) is 2.92. The molecule has 13 heavy (non-hydrogen) atoms. The van der Waals surface area contributed by atoms with Crippen LogP contribution in [-0.4, -0.2) is 31.3 Å². The Labute approximate surface area is 81.3 Å². The van der Waals surface area contributed by atoms with Crippen molar-refractivity contribution in [1.29, 1.82) is 0 Å². The van der Waals surface area contributed by atoms with Crippen LogP contribution in [0.25, 0.3) is 0 Å². The van der Waals surface area contributed by atoms with Gasteiger partial charge in [-0.1, -0.05) is 19.3 Å². The van der Waals surface area contributed by atoms with Gasteiger partial charge >= 0.3 is 0 Å².